The van der Waals surface area contributed by atoms with Crippen LogP contribution < -0.4 is 9.47 Å². The van der Waals surface area contributed by atoms with Crippen LogP contribution in [0, 0.1) is 0 Å². The summed E-state index contributed by atoms with van der Waals surface area (Å²) in [6.45, 7) is 0.478. The van der Waals surface area contributed by atoms with E-state index in [1.807, 2.05) is 21.1 Å². The summed E-state index contributed by atoms with van der Waals surface area (Å²) in [6.07, 6.45) is 2.49. The largest absolute Gasteiger partial charge is 0.474 e. The van der Waals surface area contributed by atoms with Crippen molar-refractivity contribution < 1.29 is 32.5 Å². The molecule has 2 aromatic rings. The second kappa shape index (κ2) is 10.5. The fraction of sp³-hybridized carbons (Fsp3) is 0.444. The van der Waals surface area contributed by atoms with Crippen molar-refractivity contribution in [3.05, 3.63) is 48.8 Å². The number of ether oxygens (including phenoxy) is 2. The highest BCUT2D eigenvalue weighted by Gasteiger charge is 2.26. The maximum Gasteiger partial charge on any atom is 0.472 e. The van der Waals surface area contributed by atoms with Gasteiger partial charge in [0.25, 0.3) is 0 Å². The van der Waals surface area contributed by atoms with Crippen molar-refractivity contribution in [1.82, 2.24) is 9.97 Å². The summed E-state index contributed by atoms with van der Waals surface area (Å²) in [5.41, 5.74) is 0. The summed E-state index contributed by atoms with van der Waals surface area (Å²) in [7, 11) is 1.66. The quantitative estimate of drug-likeness (QED) is 0.418. The molecule has 2 unspecified atom stereocenters. The Balaban J connectivity index is 1.91. The zero-order chi connectivity index (χ0) is 20.5. The van der Waals surface area contributed by atoms with Crippen molar-refractivity contribution in [2.24, 2.45) is 0 Å². The number of rotatable bonds is 12. The molecule has 0 radical (unpaired) electrons. The van der Waals surface area contributed by atoms with Gasteiger partial charge in [-0.15, -0.1) is 0 Å². The van der Waals surface area contributed by atoms with E-state index in [1.165, 1.54) is 0 Å². The third-order valence-corrected chi connectivity index (χ3v) is 4.40. The predicted molar refractivity (Wildman–Crippen MR) is 103 cm³/mol. The van der Waals surface area contributed by atoms with E-state index in [2.05, 4.69) is 9.97 Å². The summed E-state index contributed by atoms with van der Waals surface area (Å²) in [4.78, 5) is 18.0. The number of hydrogen-bond donors (Lipinski definition) is 1. The van der Waals surface area contributed by atoms with Crippen LogP contribution in [0.1, 0.15) is 0 Å². The van der Waals surface area contributed by atoms with Gasteiger partial charge in [-0.25, -0.2) is 14.5 Å². The molecule has 0 aliphatic carbocycles. The van der Waals surface area contributed by atoms with Crippen LogP contribution >= 0.6 is 7.82 Å². The highest BCUT2D eigenvalue weighted by Crippen LogP contribution is 2.43. The Morgan fingerprint density at radius 2 is 1.64 bits per heavy atom. The van der Waals surface area contributed by atoms with Gasteiger partial charge in [0, 0.05) is 24.5 Å². The molecule has 2 rings (SSSR count). The minimum atomic E-state index is -4.21. The monoisotopic (exact) mass is 412 g/mol. The first-order chi connectivity index (χ1) is 13.2. The molecule has 0 amide bonds. The van der Waals surface area contributed by atoms with Crippen molar-refractivity contribution in [2.45, 2.75) is 6.10 Å². The van der Waals surface area contributed by atoms with Gasteiger partial charge in [-0.3, -0.25) is 9.05 Å². The molecule has 28 heavy (non-hydrogen) atoms. The van der Waals surface area contributed by atoms with Gasteiger partial charge < -0.3 is 18.9 Å². The molecule has 154 valence electrons. The molecule has 0 saturated heterocycles. The normalized spacial score (nSPS) is 14.9. The molecule has 2 heterocycles. The first-order valence-electron chi connectivity index (χ1n) is 8.77. The summed E-state index contributed by atoms with van der Waals surface area (Å²) in [6, 6.07) is 10.5. The lowest BCUT2D eigenvalue weighted by molar-refractivity contribution is -0.870. The zero-order valence-corrected chi connectivity index (χ0v) is 17.2. The molecule has 0 saturated carbocycles. The highest BCUT2D eigenvalue weighted by atomic mass is 31.2. The van der Waals surface area contributed by atoms with Gasteiger partial charge >= 0.3 is 7.82 Å². The van der Waals surface area contributed by atoms with Gasteiger partial charge in [-0.1, -0.05) is 12.1 Å². The maximum atomic E-state index is 12.1. The number of quaternary nitrogens is 1. The first kappa shape index (κ1) is 22.3. The lowest BCUT2D eigenvalue weighted by Gasteiger charge is -2.24. The van der Waals surface area contributed by atoms with Crippen LogP contribution in [-0.2, 0) is 13.6 Å². The second-order valence-corrected chi connectivity index (χ2v) is 8.45. The van der Waals surface area contributed by atoms with Crippen molar-refractivity contribution in [2.75, 3.05) is 47.5 Å². The van der Waals surface area contributed by atoms with E-state index in [9.17, 15) is 9.46 Å². The number of pyridine rings is 2. The molecule has 0 aliphatic heterocycles. The minimum absolute atomic E-state index is 0.0481. The van der Waals surface area contributed by atoms with E-state index >= 15 is 0 Å². The number of aromatic nitrogens is 2. The zero-order valence-electron chi connectivity index (χ0n) is 16.3. The van der Waals surface area contributed by atoms with Crippen LogP contribution in [0.3, 0.4) is 0 Å². The Kier molecular flexibility index (Phi) is 8.35. The van der Waals surface area contributed by atoms with Gasteiger partial charge in [0.15, 0.2) is 6.10 Å². The Bertz CT molecular complexity index is 742. The van der Waals surface area contributed by atoms with E-state index in [0.29, 0.717) is 22.8 Å². The summed E-state index contributed by atoms with van der Waals surface area (Å²) in [5.74, 6) is 0.753. The third-order valence-electron chi connectivity index (χ3n) is 3.42. The first-order valence-corrected chi connectivity index (χ1v) is 10.3. The molecule has 1 N–H and O–H groups in total. The molecule has 2 atom stereocenters. The number of hydrogen-bond acceptors (Lipinski definition) is 7. The van der Waals surface area contributed by atoms with Crippen molar-refractivity contribution in [1.29, 1.82) is 0 Å². The molecule has 0 fully saturated rings. The van der Waals surface area contributed by atoms with E-state index in [4.69, 9.17) is 18.5 Å². The van der Waals surface area contributed by atoms with Crippen LogP contribution in [0.15, 0.2) is 48.8 Å². The van der Waals surface area contributed by atoms with Crippen molar-refractivity contribution in [3.8, 4) is 11.8 Å². The molecule has 2 aromatic heterocycles. The summed E-state index contributed by atoms with van der Waals surface area (Å²) in [5, 5.41) is 0. The van der Waals surface area contributed by atoms with Crippen LogP contribution in [0.2, 0.25) is 0 Å². The van der Waals surface area contributed by atoms with Crippen LogP contribution in [0.25, 0.3) is 0 Å². The average molecular weight is 412 g/mol. The minimum Gasteiger partial charge on any atom is -0.474 e. The SMILES string of the molecule is C[N+](C)(C)CCOP(=O)(O)OCC(COc1ccccn1)Oc1ccccn1. The molecule has 0 aromatic carbocycles. The fourth-order valence-corrected chi connectivity index (χ4v) is 2.70. The predicted octanol–water partition coefficient (Wildman–Crippen LogP) is 2.14. The van der Waals surface area contributed by atoms with Crippen LogP contribution in [-0.4, -0.2) is 73.0 Å². The molecular weight excluding hydrogens is 385 g/mol. The van der Waals surface area contributed by atoms with Gasteiger partial charge in [-0.05, 0) is 12.1 Å². The van der Waals surface area contributed by atoms with E-state index in [1.54, 1.807) is 48.8 Å². The molecule has 0 bridgehead atoms. The molecule has 0 spiro atoms. The average Bonchev–Trinajstić information content (AvgIpc) is 2.64. The smallest absolute Gasteiger partial charge is 0.472 e. The lowest BCUT2D eigenvalue weighted by Crippen LogP contribution is -2.37. The lowest BCUT2D eigenvalue weighted by atomic mass is 10.4. The van der Waals surface area contributed by atoms with Crippen molar-refractivity contribution >= 4 is 7.82 Å². The van der Waals surface area contributed by atoms with Gasteiger partial charge in [0.2, 0.25) is 11.8 Å². The van der Waals surface area contributed by atoms with Crippen LogP contribution in [0.5, 0.6) is 11.8 Å². The van der Waals surface area contributed by atoms with E-state index in [-0.39, 0.29) is 19.8 Å². The van der Waals surface area contributed by atoms with Gasteiger partial charge in [0.1, 0.15) is 19.8 Å². The fourth-order valence-electron chi connectivity index (χ4n) is 1.96. The topological polar surface area (TPSA) is 100 Å². The summed E-state index contributed by atoms with van der Waals surface area (Å²) >= 11 is 0. The Morgan fingerprint density at radius 3 is 2.21 bits per heavy atom. The number of likely N-dealkylation sites (N-methyl/N-ethyl adjacent to an activating group) is 1. The Morgan fingerprint density at radius 1 is 1.00 bits per heavy atom. The maximum absolute atomic E-state index is 12.1. The number of nitrogens with zero attached hydrogens (tertiary/aromatic N) is 3. The standard InChI is InChI=1S/C18H26N3O6P/c1-21(2,3)12-13-25-28(22,23)26-15-16(27-18-9-5-7-11-20-18)14-24-17-8-4-6-10-19-17/h4-11,16H,12-15H2,1-3H3/p+1. The van der Waals surface area contributed by atoms with Crippen molar-refractivity contribution in [3.63, 3.8) is 0 Å². The molecule has 0 aliphatic rings. The Hall–Kier alpha value is -2.03. The van der Waals surface area contributed by atoms with Crippen LogP contribution in [0.4, 0.5) is 0 Å². The van der Waals surface area contributed by atoms with E-state index < -0.39 is 13.9 Å². The van der Waals surface area contributed by atoms with Gasteiger partial charge in [-0.2, -0.15) is 0 Å². The third kappa shape index (κ3) is 9.25. The number of phosphoric acid groups is 1. The summed E-state index contributed by atoms with van der Waals surface area (Å²) < 4.78 is 34.1. The molecular formula is C18H27N3O6P+. The molecule has 10 heteroatoms. The number of phosphoric ester groups is 1. The highest BCUT2D eigenvalue weighted by molar-refractivity contribution is 7.47. The van der Waals surface area contributed by atoms with E-state index in [0.717, 1.165) is 0 Å². The molecule has 9 nitrogen and oxygen atoms in total. The Labute approximate surface area is 165 Å². The van der Waals surface area contributed by atoms with Gasteiger partial charge in [0.05, 0.1) is 27.7 Å². The second-order valence-electron chi connectivity index (χ2n) is 7.00.